The van der Waals surface area contributed by atoms with Crippen LogP contribution in [0.2, 0.25) is 0 Å². The number of nitrogens with zero attached hydrogens (tertiary/aromatic N) is 3. The summed E-state index contributed by atoms with van der Waals surface area (Å²) < 4.78 is 1.75. The first-order valence-corrected chi connectivity index (χ1v) is 6.65. The number of aryl methyl sites for hydroxylation is 1. The standard InChI is InChI=1S/C14H19N5O2/c1-9(13-18-16-8-19(13)2)17-14(21)12(15)7-10-3-5-11(20)6-4-10/h3-6,8-9,12,20H,7,15H2,1-2H3,(H,17,21)/t9?,12-/m0/s1. The number of benzene rings is 1. The Bertz CT molecular complexity index is 608. The van der Waals surface area contributed by atoms with Gasteiger partial charge in [0.1, 0.15) is 12.1 Å². The Balaban J connectivity index is 1.93. The van der Waals surface area contributed by atoms with Gasteiger partial charge in [-0.3, -0.25) is 4.79 Å². The third-order valence-corrected chi connectivity index (χ3v) is 3.22. The molecule has 7 heteroatoms. The lowest BCUT2D eigenvalue weighted by Crippen LogP contribution is -2.43. The van der Waals surface area contributed by atoms with Crippen LogP contribution in [-0.4, -0.2) is 31.8 Å². The van der Waals surface area contributed by atoms with E-state index in [-0.39, 0.29) is 17.7 Å². The smallest absolute Gasteiger partial charge is 0.237 e. The van der Waals surface area contributed by atoms with Gasteiger partial charge in [0.15, 0.2) is 5.82 Å². The van der Waals surface area contributed by atoms with Crippen LogP contribution in [0.15, 0.2) is 30.6 Å². The van der Waals surface area contributed by atoms with E-state index >= 15 is 0 Å². The molecular formula is C14H19N5O2. The van der Waals surface area contributed by atoms with Crippen LogP contribution in [0.4, 0.5) is 0 Å². The van der Waals surface area contributed by atoms with Gasteiger partial charge in [0, 0.05) is 7.05 Å². The van der Waals surface area contributed by atoms with Gasteiger partial charge in [0.2, 0.25) is 5.91 Å². The van der Waals surface area contributed by atoms with Crippen molar-refractivity contribution >= 4 is 5.91 Å². The molecule has 0 bridgehead atoms. The summed E-state index contributed by atoms with van der Waals surface area (Å²) in [6, 6.07) is 5.70. The Labute approximate surface area is 122 Å². The topological polar surface area (TPSA) is 106 Å². The molecule has 112 valence electrons. The second-order valence-electron chi connectivity index (χ2n) is 5.01. The second-order valence-corrected chi connectivity index (χ2v) is 5.01. The molecule has 2 atom stereocenters. The number of aromatic nitrogens is 3. The van der Waals surface area contributed by atoms with E-state index in [1.54, 1.807) is 35.2 Å². The summed E-state index contributed by atoms with van der Waals surface area (Å²) in [6.07, 6.45) is 1.98. The predicted molar refractivity (Wildman–Crippen MR) is 77.3 cm³/mol. The van der Waals surface area contributed by atoms with E-state index in [1.165, 1.54) is 0 Å². The summed E-state index contributed by atoms with van der Waals surface area (Å²) in [4.78, 5) is 12.1. The van der Waals surface area contributed by atoms with E-state index in [9.17, 15) is 9.90 Å². The zero-order chi connectivity index (χ0) is 15.4. The predicted octanol–water partition coefficient (Wildman–Crippen LogP) is 0.268. The van der Waals surface area contributed by atoms with Gasteiger partial charge < -0.3 is 20.7 Å². The minimum Gasteiger partial charge on any atom is -0.508 e. The minimum atomic E-state index is -0.662. The number of aromatic hydroxyl groups is 1. The normalized spacial score (nSPS) is 13.7. The van der Waals surface area contributed by atoms with Crippen molar-refractivity contribution < 1.29 is 9.90 Å². The number of amides is 1. The zero-order valence-electron chi connectivity index (χ0n) is 12.0. The molecule has 0 aliphatic heterocycles. The average molecular weight is 289 g/mol. The molecule has 2 rings (SSSR count). The van der Waals surface area contributed by atoms with E-state index in [4.69, 9.17) is 5.73 Å². The monoisotopic (exact) mass is 289 g/mol. The molecule has 1 aromatic heterocycles. The molecule has 1 amide bonds. The molecule has 0 spiro atoms. The summed E-state index contributed by atoms with van der Waals surface area (Å²) in [5.41, 5.74) is 6.80. The van der Waals surface area contributed by atoms with Gasteiger partial charge in [-0.1, -0.05) is 12.1 Å². The summed E-state index contributed by atoms with van der Waals surface area (Å²) >= 11 is 0. The van der Waals surface area contributed by atoms with Crippen LogP contribution < -0.4 is 11.1 Å². The third-order valence-electron chi connectivity index (χ3n) is 3.22. The maximum absolute atomic E-state index is 12.1. The van der Waals surface area contributed by atoms with Gasteiger partial charge in [-0.15, -0.1) is 10.2 Å². The number of nitrogens with one attached hydrogen (secondary N) is 1. The highest BCUT2D eigenvalue weighted by molar-refractivity contribution is 5.82. The Hall–Kier alpha value is -2.41. The van der Waals surface area contributed by atoms with Gasteiger partial charge in [-0.25, -0.2) is 0 Å². The fourth-order valence-corrected chi connectivity index (χ4v) is 2.05. The van der Waals surface area contributed by atoms with Crippen LogP contribution in [0.3, 0.4) is 0 Å². The maximum Gasteiger partial charge on any atom is 0.237 e. The van der Waals surface area contributed by atoms with Crippen molar-refractivity contribution in [3.63, 3.8) is 0 Å². The number of hydrogen-bond acceptors (Lipinski definition) is 5. The highest BCUT2D eigenvalue weighted by atomic mass is 16.3. The Morgan fingerprint density at radius 2 is 2.10 bits per heavy atom. The maximum atomic E-state index is 12.1. The molecule has 0 aliphatic carbocycles. The highest BCUT2D eigenvalue weighted by Gasteiger charge is 2.19. The molecule has 0 aliphatic rings. The van der Waals surface area contributed by atoms with Crippen LogP contribution in [-0.2, 0) is 18.3 Å². The van der Waals surface area contributed by atoms with Crippen molar-refractivity contribution in [2.24, 2.45) is 12.8 Å². The van der Waals surface area contributed by atoms with Crippen molar-refractivity contribution in [3.05, 3.63) is 42.0 Å². The van der Waals surface area contributed by atoms with Crippen molar-refractivity contribution in [2.75, 3.05) is 0 Å². The number of carbonyl (C=O) groups excluding carboxylic acids is 1. The lowest BCUT2D eigenvalue weighted by Gasteiger charge is -2.17. The van der Waals surface area contributed by atoms with Gasteiger partial charge in [0.05, 0.1) is 12.1 Å². The number of phenolic OH excluding ortho intramolecular Hbond substituents is 1. The molecule has 1 unspecified atom stereocenters. The molecule has 0 saturated carbocycles. The molecule has 1 aromatic carbocycles. The molecule has 21 heavy (non-hydrogen) atoms. The largest absolute Gasteiger partial charge is 0.508 e. The van der Waals surface area contributed by atoms with Crippen LogP contribution in [0.25, 0.3) is 0 Å². The number of phenols is 1. The molecule has 4 N–H and O–H groups in total. The van der Waals surface area contributed by atoms with Crippen molar-refractivity contribution in [2.45, 2.75) is 25.4 Å². The van der Waals surface area contributed by atoms with E-state index in [0.29, 0.717) is 12.2 Å². The van der Waals surface area contributed by atoms with Gasteiger partial charge >= 0.3 is 0 Å². The lowest BCUT2D eigenvalue weighted by atomic mass is 10.1. The Morgan fingerprint density at radius 1 is 1.43 bits per heavy atom. The van der Waals surface area contributed by atoms with Crippen LogP contribution >= 0.6 is 0 Å². The summed E-state index contributed by atoms with van der Waals surface area (Å²) in [5.74, 6) is 0.603. The summed E-state index contributed by atoms with van der Waals surface area (Å²) in [5, 5.41) is 19.8. The molecule has 0 fully saturated rings. The third kappa shape index (κ3) is 3.79. The first kappa shape index (κ1) is 15.0. The van der Waals surface area contributed by atoms with Crippen molar-refractivity contribution in [3.8, 4) is 5.75 Å². The Kier molecular flexibility index (Phi) is 4.54. The molecule has 2 aromatic rings. The van der Waals surface area contributed by atoms with E-state index < -0.39 is 6.04 Å². The second kappa shape index (κ2) is 6.36. The first-order valence-electron chi connectivity index (χ1n) is 6.65. The first-order chi connectivity index (χ1) is 9.97. The molecule has 7 nitrogen and oxygen atoms in total. The van der Waals surface area contributed by atoms with E-state index in [2.05, 4.69) is 15.5 Å². The van der Waals surface area contributed by atoms with Gasteiger partial charge in [-0.2, -0.15) is 0 Å². The molecule has 0 saturated heterocycles. The van der Waals surface area contributed by atoms with Crippen molar-refractivity contribution in [1.82, 2.24) is 20.1 Å². The summed E-state index contributed by atoms with van der Waals surface area (Å²) in [6.45, 7) is 1.83. The number of nitrogens with two attached hydrogens (primary N) is 1. The number of rotatable bonds is 5. The fraction of sp³-hybridized carbons (Fsp3) is 0.357. The van der Waals surface area contributed by atoms with Gasteiger partial charge in [0.25, 0.3) is 0 Å². The van der Waals surface area contributed by atoms with Crippen molar-refractivity contribution in [1.29, 1.82) is 0 Å². The number of carbonyl (C=O) groups is 1. The van der Waals surface area contributed by atoms with Crippen LogP contribution in [0, 0.1) is 0 Å². The van der Waals surface area contributed by atoms with Gasteiger partial charge in [-0.05, 0) is 31.0 Å². The van der Waals surface area contributed by atoms with Crippen LogP contribution in [0.1, 0.15) is 24.4 Å². The molecule has 1 heterocycles. The van der Waals surface area contributed by atoms with Crippen LogP contribution in [0.5, 0.6) is 5.75 Å². The average Bonchev–Trinajstić information content (AvgIpc) is 2.87. The minimum absolute atomic E-state index is 0.188. The fourth-order valence-electron chi connectivity index (χ4n) is 2.05. The Morgan fingerprint density at radius 3 is 2.67 bits per heavy atom. The zero-order valence-corrected chi connectivity index (χ0v) is 12.0. The lowest BCUT2D eigenvalue weighted by molar-refractivity contribution is -0.123. The number of hydrogen-bond donors (Lipinski definition) is 3. The molecular weight excluding hydrogens is 270 g/mol. The SMILES string of the molecule is CC(NC(=O)[C@@H](N)Cc1ccc(O)cc1)c1nncn1C. The highest BCUT2D eigenvalue weighted by Crippen LogP contribution is 2.12. The molecule has 0 radical (unpaired) electrons. The quantitative estimate of drug-likeness (QED) is 0.732. The van der Waals surface area contributed by atoms with E-state index in [0.717, 1.165) is 5.56 Å². The van der Waals surface area contributed by atoms with E-state index in [1.807, 2.05) is 14.0 Å². The summed E-state index contributed by atoms with van der Waals surface area (Å²) in [7, 11) is 1.81.